The first-order valence-electron chi connectivity index (χ1n) is 7.25. The number of aromatic nitrogens is 1. The molecule has 1 aromatic carbocycles. The number of hydrogen-bond donors (Lipinski definition) is 1. The molecule has 0 radical (unpaired) electrons. The van der Waals surface area contributed by atoms with E-state index in [4.69, 9.17) is 39.5 Å². The van der Waals surface area contributed by atoms with Crippen molar-refractivity contribution in [3.8, 4) is 0 Å². The highest BCUT2D eigenvalue weighted by Gasteiger charge is 2.21. The standard InChI is InChI=1S/C17H12Cl3FN2O3/c1-2-26-17(25)12(8-22-10-5-3-9(21)4-6-10)15(24)11-7-23-16(20)14(19)13(11)18/h3-8,24H,2H2,1H3. The first-order valence-corrected chi connectivity index (χ1v) is 8.38. The minimum absolute atomic E-state index is 0.0188. The summed E-state index contributed by atoms with van der Waals surface area (Å²) >= 11 is 17.7. The smallest absolute Gasteiger partial charge is 0.343 e. The van der Waals surface area contributed by atoms with Gasteiger partial charge in [-0.1, -0.05) is 34.8 Å². The molecular formula is C17H12Cl3FN2O3. The van der Waals surface area contributed by atoms with E-state index >= 15 is 0 Å². The van der Waals surface area contributed by atoms with E-state index in [1.165, 1.54) is 24.3 Å². The number of ether oxygens (including phenoxy) is 1. The Kier molecular flexibility index (Phi) is 6.97. The number of pyridine rings is 1. The number of halogens is 4. The molecule has 0 unspecified atom stereocenters. The number of aliphatic imine (C=N–C) groups is 1. The van der Waals surface area contributed by atoms with Crippen LogP contribution in [-0.2, 0) is 9.53 Å². The van der Waals surface area contributed by atoms with E-state index < -0.39 is 17.5 Å². The molecule has 0 atom stereocenters. The van der Waals surface area contributed by atoms with Crippen molar-refractivity contribution in [3.63, 3.8) is 0 Å². The van der Waals surface area contributed by atoms with Gasteiger partial charge in [-0.2, -0.15) is 0 Å². The van der Waals surface area contributed by atoms with Crippen molar-refractivity contribution < 1.29 is 19.0 Å². The molecular weight excluding hydrogens is 406 g/mol. The van der Waals surface area contributed by atoms with Crippen molar-refractivity contribution in [2.75, 3.05) is 6.61 Å². The van der Waals surface area contributed by atoms with Gasteiger partial charge in [0, 0.05) is 12.4 Å². The molecule has 1 N–H and O–H groups in total. The van der Waals surface area contributed by atoms with Crippen LogP contribution in [0.4, 0.5) is 10.1 Å². The number of carbonyl (C=O) groups excluding carboxylic acids is 1. The summed E-state index contributed by atoms with van der Waals surface area (Å²) in [7, 11) is 0. The molecule has 0 fully saturated rings. The van der Waals surface area contributed by atoms with Crippen molar-refractivity contribution in [2.45, 2.75) is 6.92 Å². The summed E-state index contributed by atoms with van der Waals surface area (Å²) in [6.45, 7) is 1.69. The van der Waals surface area contributed by atoms with Crippen LogP contribution in [0.2, 0.25) is 15.2 Å². The first-order chi connectivity index (χ1) is 12.3. The molecule has 1 aromatic heterocycles. The molecule has 2 aromatic rings. The molecule has 0 bridgehead atoms. The Hall–Kier alpha value is -2.15. The maximum atomic E-state index is 13.0. The topological polar surface area (TPSA) is 71.8 Å². The normalized spacial score (nSPS) is 12.2. The van der Waals surface area contributed by atoms with E-state index in [0.717, 1.165) is 12.4 Å². The fourth-order valence-electron chi connectivity index (χ4n) is 1.84. The van der Waals surface area contributed by atoms with Gasteiger partial charge in [-0.3, -0.25) is 4.99 Å². The van der Waals surface area contributed by atoms with Gasteiger partial charge in [-0.15, -0.1) is 0 Å². The summed E-state index contributed by atoms with van der Waals surface area (Å²) in [5.41, 5.74) is 0.0623. The van der Waals surface area contributed by atoms with Gasteiger partial charge in [0.25, 0.3) is 0 Å². The lowest BCUT2D eigenvalue weighted by Gasteiger charge is -2.09. The molecule has 0 amide bonds. The van der Waals surface area contributed by atoms with Crippen molar-refractivity contribution in [2.24, 2.45) is 4.99 Å². The summed E-state index contributed by atoms with van der Waals surface area (Å²) in [6, 6.07) is 5.22. The quantitative estimate of drug-likeness (QED) is 0.232. The molecule has 9 heteroatoms. The molecule has 0 saturated carbocycles. The zero-order valence-electron chi connectivity index (χ0n) is 13.3. The Bertz CT molecular complexity index is 884. The number of hydrogen-bond acceptors (Lipinski definition) is 5. The van der Waals surface area contributed by atoms with Crippen molar-refractivity contribution in [1.29, 1.82) is 0 Å². The molecule has 26 heavy (non-hydrogen) atoms. The molecule has 1 heterocycles. The summed E-state index contributed by atoms with van der Waals surface area (Å²) < 4.78 is 17.9. The second-order valence-corrected chi connectivity index (χ2v) is 5.92. The highest BCUT2D eigenvalue weighted by molar-refractivity contribution is 6.48. The van der Waals surface area contributed by atoms with E-state index in [1.807, 2.05) is 0 Å². The molecule has 0 aliphatic rings. The summed E-state index contributed by atoms with van der Waals surface area (Å²) in [6.07, 6.45) is 2.25. The van der Waals surface area contributed by atoms with Crippen LogP contribution in [0.1, 0.15) is 12.5 Å². The fraction of sp³-hybridized carbons (Fsp3) is 0.118. The lowest BCUT2D eigenvalue weighted by molar-refractivity contribution is -0.137. The van der Waals surface area contributed by atoms with Gasteiger partial charge in [-0.25, -0.2) is 14.2 Å². The van der Waals surface area contributed by atoms with E-state index in [9.17, 15) is 14.3 Å². The zero-order chi connectivity index (χ0) is 19.3. The number of benzene rings is 1. The number of aliphatic hydroxyl groups excluding tert-OH is 1. The number of rotatable bonds is 5. The minimum atomic E-state index is -0.835. The maximum absolute atomic E-state index is 13.0. The Morgan fingerprint density at radius 3 is 2.54 bits per heavy atom. The van der Waals surface area contributed by atoms with E-state index in [1.54, 1.807) is 6.92 Å². The van der Waals surface area contributed by atoms with Crippen LogP contribution in [-0.4, -0.2) is 28.9 Å². The average molecular weight is 418 g/mol. The Morgan fingerprint density at radius 2 is 1.92 bits per heavy atom. The van der Waals surface area contributed by atoms with Crippen LogP contribution in [0, 0.1) is 5.82 Å². The molecule has 0 spiro atoms. The van der Waals surface area contributed by atoms with E-state index in [0.29, 0.717) is 5.69 Å². The van der Waals surface area contributed by atoms with Crippen molar-refractivity contribution >= 4 is 58.4 Å². The molecule has 0 aliphatic heterocycles. The third-order valence-corrected chi connectivity index (χ3v) is 4.33. The van der Waals surface area contributed by atoms with Gasteiger partial charge in [0.1, 0.15) is 22.3 Å². The van der Waals surface area contributed by atoms with Gasteiger partial charge < -0.3 is 9.84 Å². The second kappa shape index (κ2) is 8.98. The van der Waals surface area contributed by atoms with Crippen LogP contribution in [0.5, 0.6) is 0 Å². The molecule has 136 valence electrons. The van der Waals surface area contributed by atoms with Gasteiger partial charge in [0.15, 0.2) is 0 Å². The highest BCUT2D eigenvalue weighted by Crippen LogP contribution is 2.34. The van der Waals surface area contributed by atoms with Crippen LogP contribution in [0.25, 0.3) is 5.76 Å². The Labute approximate surface area is 163 Å². The predicted molar refractivity (Wildman–Crippen MR) is 100 cm³/mol. The number of esters is 1. The van der Waals surface area contributed by atoms with Gasteiger partial charge >= 0.3 is 5.97 Å². The summed E-state index contributed by atoms with van der Waals surface area (Å²) in [5.74, 6) is -1.80. The van der Waals surface area contributed by atoms with Crippen molar-refractivity contribution in [1.82, 2.24) is 4.98 Å². The monoisotopic (exact) mass is 416 g/mol. The van der Waals surface area contributed by atoms with Crippen LogP contribution < -0.4 is 0 Å². The Morgan fingerprint density at radius 1 is 1.27 bits per heavy atom. The fourth-order valence-corrected chi connectivity index (χ4v) is 2.41. The van der Waals surface area contributed by atoms with Crippen LogP contribution in [0.3, 0.4) is 0 Å². The van der Waals surface area contributed by atoms with Gasteiger partial charge in [0.2, 0.25) is 0 Å². The lowest BCUT2D eigenvalue weighted by atomic mass is 10.1. The molecule has 2 rings (SSSR count). The van der Waals surface area contributed by atoms with Crippen molar-refractivity contribution in [3.05, 3.63) is 62.6 Å². The van der Waals surface area contributed by atoms with Crippen LogP contribution >= 0.6 is 34.8 Å². The number of carbonyl (C=O) groups is 1. The van der Waals surface area contributed by atoms with Gasteiger partial charge in [0.05, 0.1) is 27.9 Å². The largest absolute Gasteiger partial charge is 0.506 e. The molecule has 5 nitrogen and oxygen atoms in total. The molecule has 0 saturated heterocycles. The SMILES string of the molecule is CCOC(=O)C(C=Nc1ccc(F)cc1)=C(O)c1cnc(Cl)c(Cl)c1Cl. The predicted octanol–water partition coefficient (Wildman–Crippen LogP) is 5.42. The third kappa shape index (κ3) is 4.72. The van der Waals surface area contributed by atoms with Crippen LogP contribution in [0.15, 0.2) is 41.0 Å². The third-order valence-electron chi connectivity index (χ3n) is 3.09. The van der Waals surface area contributed by atoms with E-state index in [2.05, 4.69) is 9.98 Å². The number of aliphatic hydroxyl groups is 1. The number of nitrogens with zero attached hydrogens (tertiary/aromatic N) is 2. The average Bonchev–Trinajstić information content (AvgIpc) is 2.61. The van der Waals surface area contributed by atoms with Gasteiger partial charge in [-0.05, 0) is 31.2 Å². The summed E-state index contributed by atoms with van der Waals surface area (Å²) in [5, 5.41) is 10.3. The lowest BCUT2D eigenvalue weighted by Crippen LogP contribution is -2.11. The Balaban J connectivity index is 2.52. The minimum Gasteiger partial charge on any atom is -0.506 e. The maximum Gasteiger partial charge on any atom is 0.343 e. The molecule has 0 aliphatic carbocycles. The second-order valence-electron chi connectivity index (χ2n) is 4.81. The zero-order valence-corrected chi connectivity index (χ0v) is 15.6. The highest BCUT2D eigenvalue weighted by atomic mass is 35.5. The first kappa shape index (κ1) is 20.2. The summed E-state index contributed by atoms with van der Waals surface area (Å²) in [4.78, 5) is 20.0. The van der Waals surface area contributed by atoms with E-state index in [-0.39, 0.29) is 32.9 Å².